The molecule has 48 nitrogen and oxygen atoms in total. The predicted octanol–water partition coefficient (Wildman–Crippen LogP) is -16.4. The fourth-order valence-corrected chi connectivity index (χ4v) is 12.7. The molecule has 25 N–H and O–H groups in total. The fourth-order valence-electron chi connectivity index (χ4n) is 12.7. The zero-order valence-electron chi connectivity index (χ0n) is 54.6. The van der Waals surface area contributed by atoms with Crippen LogP contribution in [0.2, 0.25) is 0 Å². The zero-order valence-corrected chi connectivity index (χ0v) is 54.6. The molecule has 0 aromatic rings. The molecule has 0 aromatic carbocycles. The zero-order chi connectivity index (χ0) is 77.1. The number of aliphatic hydroxyl groups is 17. The van der Waals surface area contributed by atoms with Gasteiger partial charge >= 0.3 is 23.9 Å². The number of aliphatic hydroxyl groups excluding tert-OH is 17. The Bertz CT molecular complexity index is 3020. The Balaban J connectivity index is 1.01. The minimum Gasteiger partial charge on any atom is -0.479 e. The summed E-state index contributed by atoms with van der Waals surface area (Å²) < 4.78 is 84.6. The van der Waals surface area contributed by atoms with Crippen molar-refractivity contribution >= 4 is 47.5 Å². The molecule has 592 valence electrons. The van der Waals surface area contributed by atoms with Gasteiger partial charge < -0.3 is 200 Å². The van der Waals surface area contributed by atoms with E-state index in [1.807, 2.05) is 0 Å². The topological polar surface area (TPSA) is 748 Å². The van der Waals surface area contributed by atoms with Gasteiger partial charge in [-0.25, -0.2) is 19.2 Å². The summed E-state index contributed by atoms with van der Waals surface area (Å²) in [6.07, 6.45) is -76.6. The first kappa shape index (κ1) is 83.7. The summed E-state index contributed by atoms with van der Waals surface area (Å²) in [4.78, 5) is 102. The summed E-state index contributed by atoms with van der Waals surface area (Å²) >= 11 is 0. The SMILES string of the molecule is CC(=O)N[C@@H]1[C@@H](O[C@@H]2O[C@H](C(=O)O)[C@@H](O[C@@H]3O[C@H](CO)[C@@H](O)[C@H](O[C@@H]4O[C@H](C(=O)O)[C@@H](O[C@@H]5O[C@H](CO)[C@@H](O)[C@H](O[C@@H]6O[C@H](C(=O)O)[C@@H](O[C@@H]7O[C@H](CO)[C@@H](O)[C@H](O[C@@H]8OC(C(=O)O)=C[C@H](O)[C@H]8O)[C@H]7NC(C)=O)[C@H](O)[C@H]6O)[C@H]5NC(C)=O)[C@H](O)[C@H]4O)[C@H]3NC(C)=O)[C@H](O)[C@H]2O)[C@H](O)[C@@H](CO)O[C@H]1O. The van der Waals surface area contributed by atoms with E-state index in [1.165, 1.54) is 0 Å². The summed E-state index contributed by atoms with van der Waals surface area (Å²) in [5.74, 6) is -12.8. The van der Waals surface area contributed by atoms with Crippen molar-refractivity contribution in [3.8, 4) is 0 Å². The van der Waals surface area contributed by atoms with Gasteiger partial charge in [-0.1, -0.05) is 0 Å². The highest BCUT2D eigenvalue weighted by molar-refractivity contribution is 5.84. The monoisotopic (exact) mass is 1520 g/mol. The van der Waals surface area contributed by atoms with Gasteiger partial charge in [-0.2, -0.15) is 0 Å². The molecule has 8 heterocycles. The molecule has 48 heteroatoms. The first-order valence-electron chi connectivity index (χ1n) is 31.7. The normalized spacial score (nSPS) is 45.5. The Kier molecular flexibility index (Phi) is 28.5. The predicted molar refractivity (Wildman–Crippen MR) is 311 cm³/mol. The van der Waals surface area contributed by atoms with Crippen molar-refractivity contribution in [2.24, 2.45) is 0 Å². The maximum absolute atomic E-state index is 13.2. The molecule has 0 aromatic heterocycles. The smallest absolute Gasteiger partial charge is 0.371 e. The second-order valence-electron chi connectivity index (χ2n) is 25.0. The number of carbonyl (C=O) groups is 8. The van der Waals surface area contributed by atoms with E-state index in [0.29, 0.717) is 6.08 Å². The van der Waals surface area contributed by atoms with E-state index < -0.39 is 313 Å². The van der Waals surface area contributed by atoms with E-state index in [1.54, 1.807) is 0 Å². The van der Waals surface area contributed by atoms with E-state index in [4.69, 9.17) is 71.1 Å². The molecule has 38 atom stereocenters. The van der Waals surface area contributed by atoms with Crippen molar-refractivity contribution in [2.75, 3.05) is 26.4 Å². The highest BCUT2D eigenvalue weighted by Gasteiger charge is 2.62. The van der Waals surface area contributed by atoms with E-state index in [-0.39, 0.29) is 0 Å². The van der Waals surface area contributed by atoms with Crippen LogP contribution in [-0.4, -0.2) is 414 Å². The van der Waals surface area contributed by atoms with Crippen LogP contribution in [0.3, 0.4) is 0 Å². The Hall–Kier alpha value is -5.94. The molecule has 8 aliphatic heterocycles. The van der Waals surface area contributed by atoms with Crippen molar-refractivity contribution in [1.82, 2.24) is 21.3 Å². The molecule has 4 amide bonds. The third kappa shape index (κ3) is 18.3. The lowest BCUT2D eigenvalue weighted by Crippen LogP contribution is -2.71. The van der Waals surface area contributed by atoms with Gasteiger partial charge in [0.2, 0.25) is 35.7 Å². The highest BCUT2D eigenvalue weighted by atomic mass is 16.8. The lowest BCUT2D eigenvalue weighted by Gasteiger charge is -2.51. The van der Waals surface area contributed by atoms with Crippen molar-refractivity contribution in [3.05, 3.63) is 11.8 Å². The summed E-state index contributed by atoms with van der Waals surface area (Å²) in [5, 5.41) is 238. The Morgan fingerprint density at radius 1 is 0.327 bits per heavy atom. The maximum atomic E-state index is 13.2. The van der Waals surface area contributed by atoms with Crippen LogP contribution in [0.5, 0.6) is 0 Å². The van der Waals surface area contributed by atoms with Crippen LogP contribution >= 0.6 is 0 Å². The first-order valence-corrected chi connectivity index (χ1v) is 31.7. The number of rotatable bonds is 26. The number of ether oxygens (including phenoxy) is 15. The number of amides is 4. The molecule has 8 rings (SSSR count). The van der Waals surface area contributed by atoms with Crippen LogP contribution in [0, 0.1) is 0 Å². The Morgan fingerprint density at radius 2 is 0.587 bits per heavy atom. The van der Waals surface area contributed by atoms with E-state index in [9.17, 15) is 146 Å². The first-order chi connectivity index (χ1) is 48.9. The van der Waals surface area contributed by atoms with Crippen molar-refractivity contribution in [1.29, 1.82) is 0 Å². The minimum atomic E-state index is -2.65. The summed E-state index contributed by atoms with van der Waals surface area (Å²) in [7, 11) is 0. The minimum absolute atomic E-state index is 0.593. The number of hydrogen-bond donors (Lipinski definition) is 25. The van der Waals surface area contributed by atoms with Crippen molar-refractivity contribution < 1.29 is 217 Å². The third-order valence-electron chi connectivity index (χ3n) is 17.7. The summed E-state index contributed by atoms with van der Waals surface area (Å²) in [6.45, 7) is -0.982. The molecule has 0 bridgehead atoms. The number of hydrogen-bond acceptors (Lipinski definition) is 40. The summed E-state index contributed by atoms with van der Waals surface area (Å²) in [6, 6.07) is -7.85. The summed E-state index contributed by atoms with van der Waals surface area (Å²) in [5.41, 5.74) is 0. The largest absolute Gasteiger partial charge is 0.479 e. The van der Waals surface area contributed by atoms with Crippen LogP contribution in [0.4, 0.5) is 0 Å². The van der Waals surface area contributed by atoms with E-state index in [0.717, 1.165) is 27.7 Å². The molecule has 0 aliphatic carbocycles. The number of carboxylic acid groups (broad SMARTS) is 4. The second kappa shape index (κ2) is 35.4. The standard InChI is InChI=1S/C56H84N4O44/c1-10(65)57-20-35(25(71)16(6-61)90-49(20)89)95-54-32(78)29(75)39(42(102-54)46(83)84)100-51-22(59-12(3)67)37(27(73)18(8-63)93-51)97-56-34(80)31(77)41(44(104-56)48(87)88)101-52-23(60-13(4)68)38(28(74)19(9-64)94-52)98-55-33(79)30(76)40(43(103-55)47(85)86)99-50-21(58-11(2)66)36(26(72)17(7-62)92-50)96-53-24(70)14(69)5-15(91-53)45(81)82/h5,14,16-44,49-56,61-64,69-80,89H,6-9H2,1-4H3,(H,57,65)(H,58,66)(H,59,67)(H,60,68)(H,81,82)(H,83,84)(H,85,86)(H,87,88)/t14-,16+,17+,18+,19+,20+,21+,22+,23+,24+,25+,26+,27+,28+,29+,30+,31+,32+,33+,34+,35+,36+,37+,38+,39-,40-,41-,42-,43-,44-,49+,50-,51-,52-,53-,54+,55+,56+/m0/s1. The Morgan fingerprint density at radius 3 is 0.856 bits per heavy atom. The quantitative estimate of drug-likeness (QED) is 0.0382. The van der Waals surface area contributed by atoms with Crippen molar-refractivity contribution in [2.45, 2.75) is 261 Å². The molecule has 7 fully saturated rings. The van der Waals surface area contributed by atoms with E-state index >= 15 is 0 Å². The van der Waals surface area contributed by atoms with Gasteiger partial charge in [-0.15, -0.1) is 0 Å². The molecule has 7 saturated heterocycles. The van der Waals surface area contributed by atoms with Gasteiger partial charge in [0, 0.05) is 27.7 Å². The molecule has 104 heavy (non-hydrogen) atoms. The average molecular weight is 1520 g/mol. The van der Waals surface area contributed by atoms with Gasteiger partial charge in [0.25, 0.3) is 0 Å². The maximum Gasteiger partial charge on any atom is 0.371 e. The number of carbonyl (C=O) groups excluding carboxylic acids is 4. The molecule has 0 unspecified atom stereocenters. The van der Waals surface area contributed by atoms with Crippen LogP contribution in [-0.2, 0) is 109 Å². The van der Waals surface area contributed by atoms with Crippen LogP contribution in [0.15, 0.2) is 11.8 Å². The third-order valence-corrected chi connectivity index (χ3v) is 17.7. The Labute approximate surface area is 583 Å². The lowest BCUT2D eigenvalue weighted by molar-refractivity contribution is -0.379. The molecule has 0 saturated carbocycles. The lowest BCUT2D eigenvalue weighted by atomic mass is 9.93. The van der Waals surface area contributed by atoms with Gasteiger partial charge in [0.15, 0.2) is 62.3 Å². The molecular formula is C56H84N4O44. The van der Waals surface area contributed by atoms with Crippen molar-refractivity contribution in [3.63, 3.8) is 0 Å². The van der Waals surface area contributed by atoms with Crippen LogP contribution in [0.25, 0.3) is 0 Å². The van der Waals surface area contributed by atoms with E-state index in [2.05, 4.69) is 21.3 Å². The van der Waals surface area contributed by atoms with Crippen LogP contribution in [0.1, 0.15) is 27.7 Å². The number of nitrogens with one attached hydrogen (secondary N) is 4. The van der Waals surface area contributed by atoms with Gasteiger partial charge in [0.05, 0.1) is 26.4 Å². The molecule has 8 aliphatic rings. The van der Waals surface area contributed by atoms with Gasteiger partial charge in [-0.05, 0) is 6.08 Å². The fraction of sp³-hybridized carbons (Fsp3) is 0.821. The average Bonchev–Trinajstić information content (AvgIpc) is 0.765. The number of aliphatic carboxylic acids is 4. The van der Waals surface area contributed by atoms with Gasteiger partial charge in [0.1, 0.15) is 165 Å². The molecule has 0 spiro atoms. The molecule has 0 radical (unpaired) electrons. The number of carboxylic acids is 4. The second-order valence-corrected chi connectivity index (χ2v) is 25.0. The van der Waals surface area contributed by atoms with Gasteiger partial charge in [-0.3, -0.25) is 19.2 Å². The van der Waals surface area contributed by atoms with Crippen LogP contribution < -0.4 is 21.3 Å². The highest BCUT2D eigenvalue weighted by Crippen LogP contribution is 2.39. The molecular weight excluding hydrogens is 1430 g/mol.